The van der Waals surface area contributed by atoms with Gasteiger partial charge in [0.25, 0.3) is 0 Å². The van der Waals surface area contributed by atoms with Gasteiger partial charge in [-0.1, -0.05) is 0 Å². The molecule has 0 saturated heterocycles. The molecule has 0 heterocycles. The van der Waals surface area contributed by atoms with Crippen molar-refractivity contribution in [3.63, 3.8) is 0 Å². The maximum Gasteiger partial charge on any atom is 0.148 e. The molecule has 72 valence electrons. The minimum absolute atomic E-state index is 0.308. The Hall–Kier alpha value is -1.47. The molecule has 0 saturated carbocycles. The molecule has 1 aliphatic carbocycles. The fourth-order valence-corrected chi connectivity index (χ4v) is 1.85. The molecule has 0 aromatic heterocycles. The highest BCUT2D eigenvalue weighted by atomic mass is 19.1. The molecule has 2 nitrogen and oxygen atoms in total. The topological polar surface area (TPSA) is 49.8 Å². The molecule has 0 fully saturated rings. The van der Waals surface area contributed by atoms with Crippen LogP contribution < -0.4 is 5.73 Å². The van der Waals surface area contributed by atoms with E-state index in [4.69, 9.17) is 11.0 Å². The highest BCUT2D eigenvalue weighted by Crippen LogP contribution is 2.33. The lowest BCUT2D eigenvalue weighted by molar-refractivity contribution is 0.556. The number of nitrogens with zero attached hydrogens (tertiary/aromatic N) is 1. The van der Waals surface area contributed by atoms with Gasteiger partial charge in [-0.3, -0.25) is 0 Å². The van der Waals surface area contributed by atoms with Gasteiger partial charge in [0.15, 0.2) is 0 Å². The van der Waals surface area contributed by atoms with Crippen molar-refractivity contribution in [1.29, 1.82) is 5.26 Å². The second-order valence-electron chi connectivity index (χ2n) is 3.38. The van der Waals surface area contributed by atoms with Gasteiger partial charge in [-0.25, -0.2) is 8.78 Å². The molecule has 2 rings (SSSR count). The van der Waals surface area contributed by atoms with Crippen molar-refractivity contribution in [3.05, 3.63) is 34.4 Å². The van der Waals surface area contributed by atoms with E-state index in [-0.39, 0.29) is 0 Å². The van der Waals surface area contributed by atoms with Crippen LogP contribution in [0.2, 0.25) is 0 Å². The molecular formula is C10H8F2N2. The minimum Gasteiger partial charge on any atom is -0.324 e. The van der Waals surface area contributed by atoms with Crippen LogP contribution in [0.3, 0.4) is 0 Å². The van der Waals surface area contributed by atoms with Crippen molar-refractivity contribution in [2.75, 3.05) is 0 Å². The van der Waals surface area contributed by atoms with Crippen molar-refractivity contribution in [1.82, 2.24) is 0 Å². The van der Waals surface area contributed by atoms with Crippen molar-refractivity contribution in [2.24, 2.45) is 5.73 Å². The first kappa shape index (κ1) is 9.10. The Kier molecular flexibility index (Phi) is 1.97. The molecule has 1 aromatic rings. The summed E-state index contributed by atoms with van der Waals surface area (Å²) in [6.45, 7) is 0. The van der Waals surface area contributed by atoms with Crippen LogP contribution in [0.25, 0.3) is 0 Å². The molecular weight excluding hydrogens is 186 g/mol. The fourth-order valence-electron chi connectivity index (χ4n) is 1.85. The van der Waals surface area contributed by atoms with Crippen molar-refractivity contribution in [2.45, 2.75) is 18.9 Å². The third kappa shape index (κ3) is 1.10. The van der Waals surface area contributed by atoms with Gasteiger partial charge in [0.1, 0.15) is 23.3 Å². The summed E-state index contributed by atoms with van der Waals surface area (Å²) in [5.74, 6) is -1.58. The molecule has 0 unspecified atom stereocenters. The van der Waals surface area contributed by atoms with E-state index < -0.39 is 23.2 Å². The summed E-state index contributed by atoms with van der Waals surface area (Å²) in [6.07, 6.45) is 1.19. The molecule has 1 atom stereocenters. The second kappa shape index (κ2) is 3.03. The van der Waals surface area contributed by atoms with Gasteiger partial charge < -0.3 is 5.73 Å². The Morgan fingerprint density at radius 3 is 2.86 bits per heavy atom. The van der Waals surface area contributed by atoms with E-state index in [9.17, 15) is 8.78 Å². The summed E-state index contributed by atoms with van der Waals surface area (Å²) in [7, 11) is 0. The summed E-state index contributed by atoms with van der Waals surface area (Å²) in [5.41, 5.74) is 6.02. The largest absolute Gasteiger partial charge is 0.324 e. The Balaban J connectivity index is 2.72. The van der Waals surface area contributed by atoms with Crippen LogP contribution in [0.1, 0.15) is 29.2 Å². The van der Waals surface area contributed by atoms with E-state index in [1.165, 1.54) is 12.1 Å². The zero-order valence-electron chi connectivity index (χ0n) is 7.35. The number of hydrogen-bond acceptors (Lipinski definition) is 2. The van der Waals surface area contributed by atoms with Gasteiger partial charge >= 0.3 is 0 Å². The van der Waals surface area contributed by atoms with Crippen LogP contribution in [0.15, 0.2) is 6.07 Å². The van der Waals surface area contributed by atoms with E-state index >= 15 is 0 Å². The molecule has 2 N–H and O–H groups in total. The fraction of sp³-hybridized carbons (Fsp3) is 0.300. The molecule has 0 amide bonds. The van der Waals surface area contributed by atoms with E-state index in [0.717, 1.165) is 0 Å². The number of nitriles is 1. The summed E-state index contributed by atoms with van der Waals surface area (Å²) < 4.78 is 26.7. The molecule has 1 aliphatic rings. The molecule has 1 aromatic carbocycles. The zero-order valence-corrected chi connectivity index (χ0v) is 7.35. The van der Waals surface area contributed by atoms with Crippen LogP contribution in [0, 0.1) is 23.0 Å². The minimum atomic E-state index is -0.794. The van der Waals surface area contributed by atoms with Crippen molar-refractivity contribution < 1.29 is 8.78 Å². The smallest absolute Gasteiger partial charge is 0.148 e. The molecule has 14 heavy (non-hydrogen) atoms. The first-order valence-corrected chi connectivity index (χ1v) is 4.31. The van der Waals surface area contributed by atoms with Gasteiger partial charge in [-0.2, -0.15) is 5.26 Å². The number of nitrogens with two attached hydrogens (primary N) is 1. The van der Waals surface area contributed by atoms with E-state index in [1.54, 1.807) is 0 Å². The van der Waals surface area contributed by atoms with Crippen LogP contribution in [-0.2, 0) is 6.42 Å². The molecule has 0 radical (unpaired) electrons. The molecule has 0 aliphatic heterocycles. The monoisotopic (exact) mass is 194 g/mol. The number of fused-ring (bicyclic) bond motifs is 1. The van der Waals surface area contributed by atoms with E-state index in [0.29, 0.717) is 24.0 Å². The van der Waals surface area contributed by atoms with Crippen molar-refractivity contribution >= 4 is 0 Å². The van der Waals surface area contributed by atoms with Gasteiger partial charge in [0, 0.05) is 11.6 Å². The van der Waals surface area contributed by atoms with Gasteiger partial charge in [-0.05, 0) is 24.5 Å². The van der Waals surface area contributed by atoms with E-state index in [2.05, 4.69) is 0 Å². The Morgan fingerprint density at radius 2 is 2.21 bits per heavy atom. The third-order valence-electron chi connectivity index (χ3n) is 2.55. The highest BCUT2D eigenvalue weighted by Gasteiger charge is 2.27. The predicted molar refractivity (Wildman–Crippen MR) is 46.3 cm³/mol. The summed E-state index contributed by atoms with van der Waals surface area (Å²) in [6, 6.07) is 2.32. The van der Waals surface area contributed by atoms with E-state index in [1.807, 2.05) is 0 Å². The lowest BCUT2D eigenvalue weighted by atomic mass is 10.0. The predicted octanol–water partition coefficient (Wildman–Crippen LogP) is 1.78. The molecule has 0 spiro atoms. The summed E-state index contributed by atoms with van der Waals surface area (Å²) in [4.78, 5) is 0. The van der Waals surface area contributed by atoms with Gasteiger partial charge in [-0.15, -0.1) is 0 Å². The molecule has 0 bridgehead atoms. The van der Waals surface area contributed by atoms with Crippen molar-refractivity contribution in [3.8, 4) is 6.07 Å². The van der Waals surface area contributed by atoms with Crippen LogP contribution in [0.5, 0.6) is 0 Å². The SMILES string of the molecule is N#Cc1c(F)cc2c(c1F)[C@@H](N)CC2. The Bertz CT molecular complexity index is 435. The van der Waals surface area contributed by atoms with Crippen LogP contribution in [0.4, 0.5) is 8.78 Å². The number of aryl methyl sites for hydroxylation is 1. The Labute approximate surface area is 79.9 Å². The highest BCUT2D eigenvalue weighted by molar-refractivity contribution is 5.44. The number of rotatable bonds is 0. The normalized spacial score (nSPS) is 19.1. The molecule has 4 heteroatoms. The standard InChI is InChI=1S/C10H8F2N2/c11-7-3-5-1-2-8(14)9(5)10(12)6(7)4-13/h3,8H,1-2,14H2/t8-/m0/s1. The first-order chi connectivity index (χ1) is 6.65. The Morgan fingerprint density at radius 1 is 1.50 bits per heavy atom. The second-order valence-corrected chi connectivity index (χ2v) is 3.38. The van der Waals surface area contributed by atoms with Gasteiger partial charge in [0.05, 0.1) is 0 Å². The summed E-state index contributed by atoms with van der Waals surface area (Å²) >= 11 is 0. The zero-order chi connectivity index (χ0) is 10.3. The third-order valence-corrected chi connectivity index (χ3v) is 2.55. The maximum atomic E-state index is 13.5. The lowest BCUT2D eigenvalue weighted by Gasteiger charge is -2.07. The average molecular weight is 194 g/mol. The van der Waals surface area contributed by atoms with Gasteiger partial charge in [0.2, 0.25) is 0 Å². The number of hydrogen-bond donors (Lipinski definition) is 1. The lowest BCUT2D eigenvalue weighted by Crippen LogP contribution is -2.09. The maximum absolute atomic E-state index is 13.5. The van der Waals surface area contributed by atoms with Crippen LogP contribution >= 0.6 is 0 Å². The average Bonchev–Trinajstić information content (AvgIpc) is 2.48. The number of benzene rings is 1. The number of halogens is 2. The summed E-state index contributed by atoms with van der Waals surface area (Å²) in [5, 5.41) is 8.55. The first-order valence-electron chi connectivity index (χ1n) is 4.31. The quantitative estimate of drug-likeness (QED) is 0.684. The van der Waals surface area contributed by atoms with Crippen LogP contribution in [-0.4, -0.2) is 0 Å².